The number of esters is 1. The van der Waals surface area contributed by atoms with Crippen LogP contribution in [0, 0.1) is 0 Å². The molecule has 7 heteroatoms. The molecule has 1 atom stereocenters. The third kappa shape index (κ3) is 8.67. The summed E-state index contributed by atoms with van der Waals surface area (Å²) in [6, 6.07) is -0.718. The summed E-state index contributed by atoms with van der Waals surface area (Å²) in [4.78, 5) is 30.8. The van der Waals surface area contributed by atoms with Crippen molar-refractivity contribution < 1.29 is 14.3 Å². The Morgan fingerprint density at radius 3 is 2.71 bits per heavy atom. The van der Waals surface area contributed by atoms with Gasteiger partial charge in [-0.15, -0.1) is 0 Å². The first-order valence-electron chi connectivity index (χ1n) is 8.80. The van der Waals surface area contributed by atoms with Crippen molar-refractivity contribution in [1.29, 1.82) is 0 Å². The van der Waals surface area contributed by atoms with Crippen molar-refractivity contribution in [3.63, 3.8) is 0 Å². The quantitative estimate of drug-likeness (QED) is 0.374. The van der Waals surface area contributed by atoms with Crippen LogP contribution >= 0.6 is 0 Å². The average molecular weight is 338 g/mol. The van der Waals surface area contributed by atoms with Crippen LogP contribution in [-0.4, -0.2) is 41.0 Å². The number of nitrogens with one attached hydrogen (secondary N) is 2. The summed E-state index contributed by atoms with van der Waals surface area (Å²) in [6.45, 7) is 2.81. The van der Waals surface area contributed by atoms with Gasteiger partial charge in [0, 0.05) is 31.3 Å². The number of hydrogen-bond acceptors (Lipinski definition) is 5. The number of H-pyrrole nitrogens is 1. The molecule has 0 aliphatic carbocycles. The van der Waals surface area contributed by atoms with Crippen LogP contribution in [0.2, 0.25) is 0 Å². The zero-order valence-corrected chi connectivity index (χ0v) is 14.6. The van der Waals surface area contributed by atoms with Crippen LogP contribution in [0.5, 0.6) is 0 Å². The molecule has 24 heavy (non-hydrogen) atoms. The number of unbranched alkanes of at least 4 members (excludes halogenated alkanes) is 5. The van der Waals surface area contributed by atoms with Gasteiger partial charge < -0.3 is 20.8 Å². The first kappa shape index (κ1) is 20.2. The topological polar surface area (TPSA) is 110 Å². The molecule has 0 spiro atoms. The Labute approximate surface area is 143 Å². The second kappa shape index (κ2) is 12.5. The third-order valence-corrected chi connectivity index (χ3v) is 3.71. The lowest BCUT2D eigenvalue weighted by Crippen LogP contribution is -2.44. The molecular formula is C17H30N4O3. The summed E-state index contributed by atoms with van der Waals surface area (Å²) in [5.41, 5.74) is 6.14. The van der Waals surface area contributed by atoms with Crippen molar-refractivity contribution in [2.24, 2.45) is 5.73 Å². The predicted molar refractivity (Wildman–Crippen MR) is 92.2 cm³/mol. The summed E-state index contributed by atoms with van der Waals surface area (Å²) in [6.07, 6.45) is 10.4. The fraction of sp³-hybridized carbons (Fsp3) is 0.706. The number of nitrogens with zero attached hydrogens (tertiary/aromatic N) is 1. The molecule has 1 heterocycles. The maximum atomic E-state index is 12.2. The minimum absolute atomic E-state index is 0.185. The fourth-order valence-corrected chi connectivity index (χ4v) is 2.36. The van der Waals surface area contributed by atoms with E-state index in [9.17, 15) is 9.59 Å². The first-order chi connectivity index (χ1) is 11.7. The molecule has 0 bridgehead atoms. The van der Waals surface area contributed by atoms with Crippen LogP contribution in [-0.2, 0) is 20.7 Å². The van der Waals surface area contributed by atoms with Crippen molar-refractivity contribution >= 4 is 11.9 Å². The SMILES string of the molecule is CCCCCCCCOC(=O)C(Cc1cnc[nH]1)NC(=O)CCN. The number of carbonyl (C=O) groups is 2. The normalized spacial score (nSPS) is 11.9. The van der Waals surface area contributed by atoms with E-state index in [4.69, 9.17) is 10.5 Å². The molecule has 1 rings (SSSR count). The van der Waals surface area contributed by atoms with E-state index in [2.05, 4.69) is 22.2 Å². The molecule has 0 aliphatic heterocycles. The van der Waals surface area contributed by atoms with Crippen molar-refractivity contribution in [1.82, 2.24) is 15.3 Å². The summed E-state index contributed by atoms with van der Waals surface area (Å²) in [5, 5.41) is 2.68. The number of imidazole rings is 1. The molecule has 0 saturated heterocycles. The smallest absolute Gasteiger partial charge is 0.329 e. The molecule has 0 fully saturated rings. The average Bonchev–Trinajstić information content (AvgIpc) is 3.06. The van der Waals surface area contributed by atoms with Crippen LogP contribution in [0.4, 0.5) is 0 Å². The number of amides is 1. The van der Waals surface area contributed by atoms with Crippen molar-refractivity contribution in [2.45, 2.75) is 64.3 Å². The van der Waals surface area contributed by atoms with Gasteiger partial charge in [0.15, 0.2) is 0 Å². The van der Waals surface area contributed by atoms with E-state index in [1.165, 1.54) is 25.6 Å². The second-order valence-electron chi connectivity index (χ2n) is 5.88. The Morgan fingerprint density at radius 2 is 2.04 bits per heavy atom. The van der Waals surface area contributed by atoms with Gasteiger partial charge in [-0.25, -0.2) is 9.78 Å². The van der Waals surface area contributed by atoms with Gasteiger partial charge in [0.1, 0.15) is 6.04 Å². The Balaban J connectivity index is 2.37. The molecule has 1 unspecified atom stereocenters. The van der Waals surface area contributed by atoms with Crippen LogP contribution in [0.25, 0.3) is 0 Å². The molecule has 7 nitrogen and oxygen atoms in total. The Morgan fingerprint density at radius 1 is 1.29 bits per heavy atom. The Hall–Kier alpha value is -1.89. The Kier molecular flexibility index (Phi) is 10.5. The van der Waals surface area contributed by atoms with E-state index >= 15 is 0 Å². The maximum absolute atomic E-state index is 12.2. The number of aromatic nitrogens is 2. The highest BCUT2D eigenvalue weighted by atomic mass is 16.5. The van der Waals surface area contributed by atoms with E-state index in [1.807, 2.05) is 0 Å². The van der Waals surface area contributed by atoms with Gasteiger partial charge in [-0.1, -0.05) is 39.0 Å². The highest BCUT2D eigenvalue weighted by molar-refractivity contribution is 5.84. The van der Waals surface area contributed by atoms with Gasteiger partial charge in [0.2, 0.25) is 5.91 Å². The molecule has 1 aromatic heterocycles. The molecule has 0 aromatic carbocycles. The van der Waals surface area contributed by atoms with Crippen LogP contribution < -0.4 is 11.1 Å². The number of carbonyl (C=O) groups excluding carboxylic acids is 2. The lowest BCUT2D eigenvalue weighted by atomic mass is 10.1. The summed E-state index contributed by atoms with van der Waals surface area (Å²) < 4.78 is 5.32. The summed E-state index contributed by atoms with van der Waals surface area (Å²) >= 11 is 0. The molecule has 0 radical (unpaired) electrons. The molecule has 4 N–H and O–H groups in total. The van der Waals surface area contributed by atoms with E-state index < -0.39 is 12.0 Å². The monoisotopic (exact) mass is 338 g/mol. The summed E-state index contributed by atoms with van der Waals surface area (Å²) in [7, 11) is 0. The number of rotatable bonds is 13. The van der Waals surface area contributed by atoms with Crippen LogP contribution in [0.1, 0.15) is 57.6 Å². The molecular weight excluding hydrogens is 308 g/mol. The molecule has 0 aliphatic rings. The second-order valence-corrected chi connectivity index (χ2v) is 5.88. The zero-order chi connectivity index (χ0) is 17.6. The van der Waals surface area contributed by atoms with Gasteiger partial charge in [-0.2, -0.15) is 0 Å². The summed E-state index contributed by atoms with van der Waals surface area (Å²) in [5.74, 6) is -0.665. The minimum atomic E-state index is -0.718. The van der Waals surface area contributed by atoms with Gasteiger partial charge in [0.05, 0.1) is 12.9 Å². The fourth-order valence-electron chi connectivity index (χ4n) is 2.36. The molecule has 1 amide bonds. The number of nitrogens with two attached hydrogens (primary N) is 1. The van der Waals surface area contributed by atoms with Crippen molar-refractivity contribution in [2.75, 3.05) is 13.2 Å². The molecule has 0 saturated carbocycles. The maximum Gasteiger partial charge on any atom is 0.329 e. The lowest BCUT2D eigenvalue weighted by molar-refractivity contribution is -0.148. The number of ether oxygens (including phenoxy) is 1. The predicted octanol–water partition coefficient (Wildman–Crippen LogP) is 1.69. The highest BCUT2D eigenvalue weighted by Gasteiger charge is 2.23. The third-order valence-electron chi connectivity index (χ3n) is 3.71. The largest absolute Gasteiger partial charge is 0.464 e. The van der Waals surface area contributed by atoms with E-state index in [-0.39, 0.29) is 18.9 Å². The standard InChI is InChI=1S/C17H30N4O3/c1-2-3-4-5-6-7-10-24-17(23)15(21-16(22)8-9-18)11-14-12-19-13-20-14/h12-13,15H,2-11,18H2,1H3,(H,19,20)(H,21,22). The molecule has 136 valence electrons. The van der Waals surface area contributed by atoms with E-state index in [0.29, 0.717) is 13.0 Å². The lowest BCUT2D eigenvalue weighted by Gasteiger charge is -2.17. The van der Waals surface area contributed by atoms with E-state index in [0.717, 1.165) is 25.0 Å². The van der Waals surface area contributed by atoms with Crippen molar-refractivity contribution in [3.8, 4) is 0 Å². The zero-order valence-electron chi connectivity index (χ0n) is 14.6. The first-order valence-corrected chi connectivity index (χ1v) is 8.80. The molecule has 1 aromatic rings. The number of hydrogen-bond donors (Lipinski definition) is 3. The van der Waals surface area contributed by atoms with Crippen LogP contribution in [0.3, 0.4) is 0 Å². The minimum Gasteiger partial charge on any atom is -0.464 e. The van der Waals surface area contributed by atoms with Gasteiger partial charge >= 0.3 is 5.97 Å². The van der Waals surface area contributed by atoms with E-state index in [1.54, 1.807) is 6.20 Å². The van der Waals surface area contributed by atoms with Crippen molar-refractivity contribution in [3.05, 3.63) is 18.2 Å². The van der Waals surface area contributed by atoms with Gasteiger partial charge in [-0.05, 0) is 6.42 Å². The van der Waals surface area contributed by atoms with Gasteiger partial charge in [-0.3, -0.25) is 4.79 Å². The Bertz CT molecular complexity index is 462. The highest BCUT2D eigenvalue weighted by Crippen LogP contribution is 2.06. The number of aromatic amines is 1. The van der Waals surface area contributed by atoms with Crippen LogP contribution in [0.15, 0.2) is 12.5 Å². The van der Waals surface area contributed by atoms with Gasteiger partial charge in [0.25, 0.3) is 0 Å².